The van der Waals surface area contributed by atoms with Gasteiger partial charge in [0.2, 0.25) is 0 Å². The second-order valence-electron chi connectivity index (χ2n) is 7.21. The maximum absolute atomic E-state index is 9.48. The lowest BCUT2D eigenvalue weighted by Gasteiger charge is -2.11. The molecular formula is C22H20N8O. The molecule has 0 amide bonds. The van der Waals surface area contributed by atoms with Crippen molar-refractivity contribution in [1.29, 1.82) is 0 Å². The molecule has 154 valence electrons. The van der Waals surface area contributed by atoms with Crippen LogP contribution in [0.1, 0.15) is 24.4 Å². The third-order valence-electron chi connectivity index (χ3n) is 5.04. The van der Waals surface area contributed by atoms with E-state index >= 15 is 0 Å². The van der Waals surface area contributed by atoms with Gasteiger partial charge < -0.3 is 10.8 Å². The van der Waals surface area contributed by atoms with E-state index in [9.17, 15) is 5.11 Å². The lowest BCUT2D eigenvalue weighted by molar-refractivity contribution is 0.276. The Labute approximate surface area is 177 Å². The fraction of sp³-hybridized carbons (Fsp3) is 0.136. The molecule has 0 bridgehead atoms. The van der Waals surface area contributed by atoms with Crippen molar-refractivity contribution in [2.24, 2.45) is 5.73 Å². The molecule has 0 spiro atoms. The highest BCUT2D eigenvalue weighted by atomic mass is 16.3. The van der Waals surface area contributed by atoms with Crippen LogP contribution in [0.25, 0.3) is 33.7 Å². The number of rotatable bonds is 5. The summed E-state index contributed by atoms with van der Waals surface area (Å²) in [6, 6.07) is 15.1. The van der Waals surface area contributed by atoms with Gasteiger partial charge in [-0.25, -0.2) is 19.3 Å². The lowest BCUT2D eigenvalue weighted by Crippen LogP contribution is -2.07. The van der Waals surface area contributed by atoms with Crippen molar-refractivity contribution in [3.05, 3.63) is 78.8 Å². The average Bonchev–Trinajstić information content (AvgIpc) is 3.49. The van der Waals surface area contributed by atoms with Crippen LogP contribution in [0.4, 0.5) is 0 Å². The Balaban J connectivity index is 1.76. The molecule has 0 saturated heterocycles. The van der Waals surface area contributed by atoms with Crippen LogP contribution in [-0.2, 0) is 6.61 Å². The predicted molar refractivity (Wildman–Crippen MR) is 116 cm³/mol. The second kappa shape index (κ2) is 7.71. The molecule has 9 heteroatoms. The summed E-state index contributed by atoms with van der Waals surface area (Å²) in [6.07, 6.45) is 4.91. The third-order valence-corrected chi connectivity index (χ3v) is 5.04. The molecule has 5 aromatic rings. The van der Waals surface area contributed by atoms with Crippen LogP contribution in [0.2, 0.25) is 0 Å². The highest BCUT2D eigenvalue weighted by molar-refractivity contribution is 5.92. The summed E-state index contributed by atoms with van der Waals surface area (Å²) in [7, 11) is 0. The first-order chi connectivity index (χ1) is 15.1. The van der Waals surface area contributed by atoms with Crippen LogP contribution < -0.4 is 5.73 Å². The number of nitrogens with two attached hydrogens (primary N) is 1. The first kappa shape index (κ1) is 19.0. The summed E-state index contributed by atoms with van der Waals surface area (Å²) in [5.74, 6) is 0.612. The van der Waals surface area contributed by atoms with E-state index in [-0.39, 0.29) is 12.6 Å². The molecule has 1 atom stereocenters. The van der Waals surface area contributed by atoms with Gasteiger partial charge in [-0.2, -0.15) is 10.2 Å². The minimum atomic E-state index is -0.172. The Morgan fingerprint density at radius 1 is 1.06 bits per heavy atom. The van der Waals surface area contributed by atoms with Crippen molar-refractivity contribution in [3.63, 3.8) is 0 Å². The molecule has 4 heterocycles. The zero-order valence-electron chi connectivity index (χ0n) is 16.8. The molecule has 0 saturated carbocycles. The number of aliphatic hydroxyl groups excluding tert-OH is 1. The summed E-state index contributed by atoms with van der Waals surface area (Å²) in [5, 5.41) is 19.2. The predicted octanol–water partition coefficient (Wildman–Crippen LogP) is 2.58. The van der Waals surface area contributed by atoms with Gasteiger partial charge in [-0.15, -0.1) is 0 Å². The van der Waals surface area contributed by atoms with Gasteiger partial charge in [0.15, 0.2) is 5.82 Å². The van der Waals surface area contributed by atoms with Crippen molar-refractivity contribution < 1.29 is 5.11 Å². The van der Waals surface area contributed by atoms with E-state index in [1.54, 1.807) is 28.0 Å². The number of pyridine rings is 2. The first-order valence-corrected chi connectivity index (χ1v) is 9.81. The average molecular weight is 412 g/mol. The van der Waals surface area contributed by atoms with Gasteiger partial charge in [0.05, 0.1) is 41.1 Å². The Kier molecular flexibility index (Phi) is 4.73. The van der Waals surface area contributed by atoms with E-state index in [0.29, 0.717) is 11.5 Å². The van der Waals surface area contributed by atoms with Crippen molar-refractivity contribution in [2.75, 3.05) is 0 Å². The van der Waals surface area contributed by atoms with Crippen LogP contribution in [-0.4, -0.2) is 39.6 Å². The normalized spacial score (nSPS) is 12.4. The van der Waals surface area contributed by atoms with E-state index < -0.39 is 0 Å². The molecule has 0 aliphatic rings. The molecule has 9 nitrogen and oxygen atoms in total. The molecule has 1 aromatic carbocycles. The number of aliphatic hydroxyl groups is 1. The number of hydrogen-bond acceptors (Lipinski definition) is 7. The molecule has 0 radical (unpaired) electrons. The molecule has 0 unspecified atom stereocenters. The Morgan fingerprint density at radius 3 is 2.71 bits per heavy atom. The van der Waals surface area contributed by atoms with Crippen molar-refractivity contribution in [2.45, 2.75) is 19.6 Å². The number of aromatic nitrogens is 7. The number of hydrogen-bond donors (Lipinski definition) is 2. The Bertz CT molecular complexity index is 1360. The summed E-state index contributed by atoms with van der Waals surface area (Å²) in [5.41, 5.74) is 10.8. The van der Waals surface area contributed by atoms with E-state index in [2.05, 4.69) is 20.2 Å². The second-order valence-corrected chi connectivity index (χ2v) is 7.21. The maximum atomic E-state index is 9.48. The zero-order valence-corrected chi connectivity index (χ0v) is 16.8. The standard InChI is InChI=1S/C22H20N8O/c1-14(23)18-5-3-6-19(28-18)15-8-20(29-13-24-12-26-29)17-10-25-30(21(17)9-15)22-7-2-4-16(11-31)27-22/h2-10,12-14,31H,11,23H2,1H3/t14-/m0/s1. The zero-order chi connectivity index (χ0) is 21.4. The highest BCUT2D eigenvalue weighted by Crippen LogP contribution is 2.30. The van der Waals surface area contributed by atoms with Gasteiger partial charge >= 0.3 is 0 Å². The van der Waals surface area contributed by atoms with Gasteiger partial charge in [-0.3, -0.25) is 4.98 Å². The van der Waals surface area contributed by atoms with Crippen LogP contribution >= 0.6 is 0 Å². The molecule has 31 heavy (non-hydrogen) atoms. The smallest absolute Gasteiger partial charge is 0.154 e. The SMILES string of the molecule is C[C@H](N)c1cccc(-c2cc(-n3cncn3)c3cnn(-c4cccc(CO)n4)c3c2)n1. The van der Waals surface area contributed by atoms with Gasteiger partial charge in [0.25, 0.3) is 0 Å². The number of nitrogens with zero attached hydrogens (tertiary/aromatic N) is 7. The van der Waals surface area contributed by atoms with Crippen molar-refractivity contribution in [3.8, 4) is 22.8 Å². The summed E-state index contributed by atoms with van der Waals surface area (Å²) in [6.45, 7) is 1.77. The van der Waals surface area contributed by atoms with Crippen LogP contribution in [0, 0.1) is 0 Å². The minimum absolute atomic E-state index is 0.142. The van der Waals surface area contributed by atoms with E-state index in [0.717, 1.165) is 33.5 Å². The van der Waals surface area contributed by atoms with E-state index in [1.807, 2.05) is 49.4 Å². The van der Waals surface area contributed by atoms with E-state index in [4.69, 9.17) is 10.7 Å². The molecule has 5 rings (SSSR count). The number of fused-ring (bicyclic) bond motifs is 1. The number of benzene rings is 1. The maximum Gasteiger partial charge on any atom is 0.154 e. The largest absolute Gasteiger partial charge is 0.390 e. The molecule has 4 aromatic heterocycles. The monoisotopic (exact) mass is 412 g/mol. The summed E-state index contributed by atoms with van der Waals surface area (Å²) in [4.78, 5) is 13.3. The molecular weight excluding hydrogens is 392 g/mol. The molecule has 0 fully saturated rings. The molecule has 0 aliphatic carbocycles. The van der Waals surface area contributed by atoms with E-state index in [1.165, 1.54) is 6.33 Å². The molecule has 0 aliphatic heterocycles. The topological polar surface area (TPSA) is 121 Å². The van der Waals surface area contributed by atoms with Crippen LogP contribution in [0.3, 0.4) is 0 Å². The third kappa shape index (κ3) is 3.45. The minimum Gasteiger partial charge on any atom is -0.390 e. The summed E-state index contributed by atoms with van der Waals surface area (Å²) < 4.78 is 3.44. The summed E-state index contributed by atoms with van der Waals surface area (Å²) >= 11 is 0. The highest BCUT2D eigenvalue weighted by Gasteiger charge is 2.16. The molecule has 3 N–H and O–H groups in total. The quantitative estimate of drug-likeness (QED) is 0.455. The van der Waals surface area contributed by atoms with Gasteiger partial charge in [0.1, 0.15) is 12.7 Å². The fourth-order valence-electron chi connectivity index (χ4n) is 3.50. The first-order valence-electron chi connectivity index (χ1n) is 9.81. The fourth-order valence-corrected chi connectivity index (χ4v) is 3.50. The van der Waals surface area contributed by atoms with Gasteiger partial charge in [0, 0.05) is 17.0 Å². The van der Waals surface area contributed by atoms with Crippen molar-refractivity contribution >= 4 is 10.9 Å². The lowest BCUT2D eigenvalue weighted by atomic mass is 10.1. The van der Waals surface area contributed by atoms with Gasteiger partial charge in [-0.1, -0.05) is 12.1 Å². The van der Waals surface area contributed by atoms with Crippen LogP contribution in [0.5, 0.6) is 0 Å². The Morgan fingerprint density at radius 2 is 1.94 bits per heavy atom. The van der Waals surface area contributed by atoms with Crippen molar-refractivity contribution in [1.82, 2.24) is 34.5 Å². The Hall–Kier alpha value is -3.95. The van der Waals surface area contributed by atoms with Gasteiger partial charge in [-0.05, 0) is 43.3 Å². The van der Waals surface area contributed by atoms with Crippen LogP contribution in [0.15, 0.2) is 67.4 Å².